The van der Waals surface area contributed by atoms with Crippen molar-refractivity contribution in [3.05, 3.63) is 33.1 Å². The number of aliphatic hydroxyl groups is 5. The Bertz CT molecular complexity index is 596. The van der Waals surface area contributed by atoms with Gasteiger partial charge in [-0.25, -0.2) is 4.79 Å². The molecule has 1 aromatic heterocycles. The predicted molar refractivity (Wildman–Crippen MR) is 66.3 cm³/mol. The molecule has 0 radical (unpaired) electrons. The van der Waals surface area contributed by atoms with Crippen molar-refractivity contribution in [3.8, 4) is 0 Å². The Morgan fingerprint density at radius 3 is 2.29 bits per heavy atom. The Balaban J connectivity index is 2.45. The van der Waals surface area contributed by atoms with Crippen LogP contribution in [0.25, 0.3) is 0 Å². The third-order valence-electron chi connectivity index (χ3n) is 3.34. The standard InChI is InChI=1S/C11H16N2O8/c14-3-4-6(16)7(17)8(18)9(19)10(21-4)13-2-1-5(15)12-11(13)20/h1-2,4,6-10,14,16-19H,3H2,(H,12,15,20)/t4-,6-,7-,8-,9-,10-/m1/s1. The van der Waals surface area contributed by atoms with Gasteiger partial charge in [-0.3, -0.25) is 14.3 Å². The van der Waals surface area contributed by atoms with E-state index < -0.39 is 54.6 Å². The first-order valence-electron chi connectivity index (χ1n) is 6.17. The lowest BCUT2D eigenvalue weighted by Gasteiger charge is -2.26. The molecule has 1 aliphatic heterocycles. The Kier molecular flexibility index (Phi) is 4.56. The van der Waals surface area contributed by atoms with Crippen LogP contribution in [0.4, 0.5) is 0 Å². The summed E-state index contributed by atoms with van der Waals surface area (Å²) in [4.78, 5) is 24.7. The normalized spacial score (nSPS) is 37.2. The zero-order chi connectivity index (χ0) is 15.7. The van der Waals surface area contributed by atoms with Crippen LogP contribution in [-0.2, 0) is 4.74 Å². The number of aromatic amines is 1. The topological polar surface area (TPSA) is 165 Å². The van der Waals surface area contributed by atoms with E-state index in [-0.39, 0.29) is 0 Å². The van der Waals surface area contributed by atoms with Crippen LogP contribution in [0.5, 0.6) is 0 Å². The Morgan fingerprint density at radius 1 is 1.10 bits per heavy atom. The molecule has 0 aliphatic carbocycles. The lowest BCUT2D eigenvalue weighted by molar-refractivity contribution is -0.152. The van der Waals surface area contributed by atoms with Crippen LogP contribution in [0.2, 0.25) is 0 Å². The second-order valence-electron chi connectivity index (χ2n) is 4.73. The summed E-state index contributed by atoms with van der Waals surface area (Å²) >= 11 is 0. The van der Waals surface area contributed by atoms with Crippen molar-refractivity contribution < 1.29 is 30.3 Å². The average molecular weight is 304 g/mol. The third-order valence-corrected chi connectivity index (χ3v) is 3.34. The van der Waals surface area contributed by atoms with Crippen LogP contribution in [0.3, 0.4) is 0 Å². The number of rotatable bonds is 2. The summed E-state index contributed by atoms with van der Waals surface area (Å²) in [5, 5.41) is 48.3. The van der Waals surface area contributed by atoms with Crippen LogP contribution in [0.1, 0.15) is 6.23 Å². The first-order valence-corrected chi connectivity index (χ1v) is 6.17. The summed E-state index contributed by atoms with van der Waals surface area (Å²) in [6, 6.07) is 0.996. The van der Waals surface area contributed by atoms with E-state index in [0.29, 0.717) is 0 Å². The maximum absolute atomic E-state index is 11.7. The summed E-state index contributed by atoms with van der Waals surface area (Å²) in [5.74, 6) is 0. The van der Waals surface area contributed by atoms with Gasteiger partial charge in [-0.1, -0.05) is 0 Å². The summed E-state index contributed by atoms with van der Waals surface area (Å²) in [6.45, 7) is -0.716. The molecular weight excluding hydrogens is 288 g/mol. The third kappa shape index (κ3) is 2.90. The van der Waals surface area contributed by atoms with E-state index in [9.17, 15) is 30.0 Å². The summed E-state index contributed by atoms with van der Waals surface area (Å²) in [6.07, 6.45) is -8.84. The molecule has 0 aromatic carbocycles. The molecule has 0 amide bonds. The second-order valence-corrected chi connectivity index (χ2v) is 4.73. The van der Waals surface area contributed by atoms with Gasteiger partial charge in [0.05, 0.1) is 6.61 Å². The highest BCUT2D eigenvalue weighted by Crippen LogP contribution is 2.26. The zero-order valence-corrected chi connectivity index (χ0v) is 10.7. The van der Waals surface area contributed by atoms with Crippen molar-refractivity contribution in [2.75, 3.05) is 6.61 Å². The molecule has 6 N–H and O–H groups in total. The van der Waals surface area contributed by atoms with Gasteiger partial charge >= 0.3 is 5.69 Å². The molecule has 0 unspecified atom stereocenters. The Morgan fingerprint density at radius 2 is 1.71 bits per heavy atom. The van der Waals surface area contributed by atoms with E-state index in [2.05, 4.69) is 0 Å². The molecule has 21 heavy (non-hydrogen) atoms. The van der Waals surface area contributed by atoms with Gasteiger partial charge in [0, 0.05) is 12.3 Å². The zero-order valence-electron chi connectivity index (χ0n) is 10.7. The molecule has 0 saturated carbocycles. The van der Waals surface area contributed by atoms with E-state index in [1.807, 2.05) is 4.98 Å². The van der Waals surface area contributed by atoms with Crippen molar-refractivity contribution in [1.82, 2.24) is 9.55 Å². The first kappa shape index (κ1) is 15.8. The number of nitrogens with zero attached hydrogens (tertiary/aromatic N) is 1. The van der Waals surface area contributed by atoms with Crippen LogP contribution < -0.4 is 11.2 Å². The number of ether oxygens (including phenoxy) is 1. The molecule has 2 rings (SSSR count). The van der Waals surface area contributed by atoms with Gasteiger partial charge in [0.2, 0.25) is 0 Å². The fourth-order valence-corrected chi connectivity index (χ4v) is 2.14. The van der Waals surface area contributed by atoms with Crippen molar-refractivity contribution in [2.24, 2.45) is 0 Å². The van der Waals surface area contributed by atoms with E-state index >= 15 is 0 Å². The Labute approximate surface area is 117 Å². The first-order chi connectivity index (χ1) is 9.86. The second kappa shape index (κ2) is 6.05. The monoisotopic (exact) mass is 304 g/mol. The SMILES string of the molecule is O=c1ccn([C@@H]2O[C@H](CO)[C@@H](O)[C@@H](O)[C@@H](O)[C@H]2O)c(=O)[nH]1. The minimum atomic E-state index is -1.82. The van der Waals surface area contributed by atoms with Crippen LogP contribution in [0.15, 0.2) is 21.9 Å². The van der Waals surface area contributed by atoms with Crippen LogP contribution >= 0.6 is 0 Å². The van der Waals surface area contributed by atoms with Gasteiger partial charge in [0.1, 0.15) is 30.5 Å². The van der Waals surface area contributed by atoms with E-state index in [4.69, 9.17) is 9.84 Å². The number of hydrogen-bond donors (Lipinski definition) is 6. The molecule has 1 fully saturated rings. The number of aliphatic hydroxyl groups excluding tert-OH is 5. The highest BCUT2D eigenvalue weighted by Gasteiger charge is 2.45. The summed E-state index contributed by atoms with van der Waals surface area (Å²) in [7, 11) is 0. The van der Waals surface area contributed by atoms with E-state index in [1.54, 1.807) is 0 Å². The highest BCUT2D eigenvalue weighted by molar-refractivity contribution is 4.94. The van der Waals surface area contributed by atoms with E-state index in [0.717, 1.165) is 16.8 Å². The van der Waals surface area contributed by atoms with Crippen molar-refractivity contribution in [2.45, 2.75) is 36.7 Å². The van der Waals surface area contributed by atoms with Gasteiger partial charge < -0.3 is 30.3 Å². The number of nitrogens with one attached hydrogen (secondary N) is 1. The van der Waals surface area contributed by atoms with Gasteiger partial charge in [-0.15, -0.1) is 0 Å². The molecule has 6 atom stereocenters. The molecule has 10 nitrogen and oxygen atoms in total. The Hall–Kier alpha value is -1.56. The molecule has 1 aromatic rings. The highest BCUT2D eigenvalue weighted by atomic mass is 16.6. The maximum atomic E-state index is 11.7. The van der Waals surface area contributed by atoms with Gasteiger partial charge in [0.15, 0.2) is 6.23 Å². The van der Waals surface area contributed by atoms with Crippen molar-refractivity contribution in [3.63, 3.8) is 0 Å². The molecule has 10 heteroatoms. The van der Waals surface area contributed by atoms with E-state index in [1.165, 1.54) is 0 Å². The van der Waals surface area contributed by atoms with Crippen molar-refractivity contribution >= 4 is 0 Å². The largest absolute Gasteiger partial charge is 0.394 e. The molecule has 1 saturated heterocycles. The molecule has 0 spiro atoms. The fraction of sp³-hybridized carbons (Fsp3) is 0.636. The number of hydrogen-bond acceptors (Lipinski definition) is 8. The molecular formula is C11H16N2O8. The quantitative estimate of drug-likeness (QED) is 0.320. The summed E-state index contributed by atoms with van der Waals surface area (Å²) < 4.78 is 5.98. The minimum Gasteiger partial charge on any atom is -0.394 e. The van der Waals surface area contributed by atoms with Crippen LogP contribution in [0, 0.1) is 0 Å². The maximum Gasteiger partial charge on any atom is 0.330 e. The number of aromatic nitrogens is 2. The molecule has 1 aliphatic rings. The van der Waals surface area contributed by atoms with Crippen molar-refractivity contribution in [1.29, 1.82) is 0 Å². The van der Waals surface area contributed by atoms with Crippen LogP contribution in [-0.4, -0.2) is 72.2 Å². The van der Waals surface area contributed by atoms with Gasteiger partial charge in [-0.05, 0) is 0 Å². The van der Waals surface area contributed by atoms with Gasteiger partial charge in [0.25, 0.3) is 5.56 Å². The fourth-order valence-electron chi connectivity index (χ4n) is 2.14. The summed E-state index contributed by atoms with van der Waals surface area (Å²) in [5.41, 5.74) is -1.58. The minimum absolute atomic E-state index is 0.668. The lowest BCUT2D eigenvalue weighted by atomic mass is 10.0. The van der Waals surface area contributed by atoms with Gasteiger partial charge in [-0.2, -0.15) is 0 Å². The number of H-pyrrole nitrogens is 1. The predicted octanol–water partition coefficient (Wildman–Crippen LogP) is -4.13. The average Bonchev–Trinajstić information content (AvgIpc) is 2.53. The molecule has 0 bridgehead atoms. The lowest BCUT2D eigenvalue weighted by Crippen LogP contribution is -2.47. The molecule has 118 valence electrons. The smallest absolute Gasteiger partial charge is 0.330 e. The molecule has 2 heterocycles.